The standard InChI is InChI=1S/C11H6F3O5P/c12-11(13,14)8-4-10-6(1-2-18-10)3-7(8)9(15)5-19-20(16)17/h1-4H,5H2/p+1. The summed E-state index contributed by atoms with van der Waals surface area (Å²) >= 11 is 0. The molecule has 106 valence electrons. The molecule has 1 unspecified atom stereocenters. The molecule has 1 N–H and O–H groups in total. The molecule has 9 heteroatoms. The molecule has 0 fully saturated rings. The van der Waals surface area contributed by atoms with Crippen LogP contribution in [0.1, 0.15) is 15.9 Å². The number of Topliss-reactive ketones (excluding diaryl/α,β-unsaturated/α-hetero) is 1. The van der Waals surface area contributed by atoms with Crippen molar-refractivity contribution in [3.8, 4) is 0 Å². The minimum atomic E-state index is -4.76. The molecule has 0 radical (unpaired) electrons. The maximum Gasteiger partial charge on any atom is 0.695 e. The van der Waals surface area contributed by atoms with Crippen molar-refractivity contribution >= 4 is 25.0 Å². The third kappa shape index (κ3) is 3.04. The summed E-state index contributed by atoms with van der Waals surface area (Å²) in [5.41, 5.74) is -1.83. The lowest BCUT2D eigenvalue weighted by atomic mass is 10.0. The average molecular weight is 307 g/mol. The van der Waals surface area contributed by atoms with Crippen LogP contribution in [0, 0.1) is 0 Å². The summed E-state index contributed by atoms with van der Waals surface area (Å²) in [7, 11) is -3.06. The fourth-order valence-electron chi connectivity index (χ4n) is 1.67. The topological polar surface area (TPSA) is 76.7 Å². The third-order valence-corrected chi connectivity index (χ3v) is 2.85. The fourth-order valence-corrected chi connectivity index (χ4v) is 1.89. The van der Waals surface area contributed by atoms with Gasteiger partial charge >= 0.3 is 14.4 Å². The van der Waals surface area contributed by atoms with Crippen molar-refractivity contribution in [3.05, 3.63) is 35.6 Å². The lowest BCUT2D eigenvalue weighted by molar-refractivity contribution is -0.137. The van der Waals surface area contributed by atoms with E-state index in [2.05, 4.69) is 4.52 Å². The van der Waals surface area contributed by atoms with Crippen molar-refractivity contribution in [1.82, 2.24) is 0 Å². The quantitative estimate of drug-likeness (QED) is 0.692. The van der Waals surface area contributed by atoms with E-state index in [-0.39, 0.29) is 5.58 Å². The molecule has 1 atom stereocenters. The molecule has 0 spiro atoms. The van der Waals surface area contributed by atoms with Crippen LogP contribution in [-0.2, 0) is 15.3 Å². The van der Waals surface area contributed by atoms with Gasteiger partial charge in [-0.25, -0.2) is 0 Å². The van der Waals surface area contributed by atoms with E-state index in [0.29, 0.717) is 11.5 Å². The summed E-state index contributed by atoms with van der Waals surface area (Å²) in [5.74, 6) is -1.04. The van der Waals surface area contributed by atoms with Crippen molar-refractivity contribution in [2.24, 2.45) is 0 Å². The lowest BCUT2D eigenvalue weighted by Crippen LogP contribution is -2.15. The van der Waals surface area contributed by atoms with Gasteiger partial charge in [-0.05, 0) is 18.2 Å². The molecular formula is C11H7F3O5P+. The summed E-state index contributed by atoms with van der Waals surface area (Å²) in [6.07, 6.45) is -3.56. The number of carbonyl (C=O) groups excluding carboxylic acids is 1. The Balaban J connectivity index is 2.48. The molecule has 20 heavy (non-hydrogen) atoms. The van der Waals surface area contributed by atoms with Crippen molar-refractivity contribution in [1.29, 1.82) is 0 Å². The predicted molar refractivity (Wildman–Crippen MR) is 61.3 cm³/mol. The molecule has 0 aliphatic heterocycles. The molecule has 5 nitrogen and oxygen atoms in total. The average Bonchev–Trinajstić information content (AvgIpc) is 2.80. The van der Waals surface area contributed by atoms with Crippen LogP contribution >= 0.6 is 8.25 Å². The second-order valence-electron chi connectivity index (χ2n) is 3.79. The first-order valence-electron chi connectivity index (χ1n) is 5.19. The molecule has 1 aromatic carbocycles. The van der Waals surface area contributed by atoms with Crippen molar-refractivity contribution in [2.75, 3.05) is 6.61 Å². The lowest BCUT2D eigenvalue weighted by Gasteiger charge is -2.11. The van der Waals surface area contributed by atoms with E-state index in [9.17, 15) is 22.5 Å². The molecule has 0 amide bonds. The number of halogens is 3. The molecule has 2 rings (SSSR count). The number of fused-ring (bicyclic) bond motifs is 1. The summed E-state index contributed by atoms with van der Waals surface area (Å²) in [5, 5.41) is 0.315. The number of carbonyl (C=O) groups is 1. The van der Waals surface area contributed by atoms with Crippen LogP contribution in [0.25, 0.3) is 11.0 Å². The van der Waals surface area contributed by atoms with Crippen LogP contribution < -0.4 is 0 Å². The zero-order chi connectivity index (χ0) is 14.9. The molecule has 0 saturated carbocycles. The maximum atomic E-state index is 12.9. The Kier molecular flexibility index (Phi) is 3.89. The van der Waals surface area contributed by atoms with Gasteiger partial charge in [0.1, 0.15) is 5.58 Å². The Morgan fingerprint density at radius 2 is 2.10 bits per heavy atom. The zero-order valence-corrected chi connectivity index (χ0v) is 10.6. The van der Waals surface area contributed by atoms with Crippen LogP contribution in [-0.4, -0.2) is 17.3 Å². The van der Waals surface area contributed by atoms with Crippen molar-refractivity contribution in [2.45, 2.75) is 6.18 Å². The van der Waals surface area contributed by atoms with Gasteiger partial charge in [0.05, 0.1) is 11.8 Å². The van der Waals surface area contributed by atoms with Gasteiger partial charge in [0, 0.05) is 15.5 Å². The molecule has 1 aromatic heterocycles. The Morgan fingerprint density at radius 3 is 2.70 bits per heavy atom. The van der Waals surface area contributed by atoms with Crippen molar-refractivity contribution < 1.29 is 36.4 Å². The highest BCUT2D eigenvalue weighted by atomic mass is 31.1. The number of benzene rings is 1. The summed E-state index contributed by atoms with van der Waals surface area (Å²) in [4.78, 5) is 20.1. The number of hydrogen-bond donors (Lipinski definition) is 1. The first-order valence-corrected chi connectivity index (χ1v) is 6.33. The van der Waals surface area contributed by atoms with Crippen LogP contribution in [0.3, 0.4) is 0 Å². The van der Waals surface area contributed by atoms with Gasteiger partial charge < -0.3 is 4.42 Å². The van der Waals surface area contributed by atoms with E-state index in [1.807, 2.05) is 0 Å². The Morgan fingerprint density at radius 1 is 1.40 bits per heavy atom. The molecular weight excluding hydrogens is 300 g/mol. The number of ketones is 1. The second-order valence-corrected chi connectivity index (χ2v) is 4.52. The highest BCUT2D eigenvalue weighted by Gasteiger charge is 2.36. The van der Waals surface area contributed by atoms with E-state index in [4.69, 9.17) is 9.31 Å². The monoisotopic (exact) mass is 307 g/mol. The number of alkyl halides is 3. The molecule has 2 aromatic rings. The second kappa shape index (κ2) is 5.32. The van der Waals surface area contributed by atoms with Crippen LogP contribution in [0.4, 0.5) is 13.2 Å². The SMILES string of the molecule is O=C(CO[P+](=O)O)c1cc2ccoc2cc1C(F)(F)F. The van der Waals surface area contributed by atoms with E-state index in [1.165, 1.54) is 12.3 Å². The number of furan rings is 1. The number of hydrogen-bond acceptors (Lipinski definition) is 4. The Hall–Kier alpha value is -1.76. The van der Waals surface area contributed by atoms with Crippen molar-refractivity contribution in [3.63, 3.8) is 0 Å². The largest absolute Gasteiger partial charge is 0.695 e. The first kappa shape index (κ1) is 14.6. The highest BCUT2D eigenvalue weighted by Crippen LogP contribution is 2.35. The smallest absolute Gasteiger partial charge is 0.464 e. The van der Waals surface area contributed by atoms with Gasteiger partial charge in [-0.2, -0.15) is 13.2 Å². The summed E-state index contributed by atoms with van der Waals surface area (Å²) < 4.78 is 58.0. The van der Waals surface area contributed by atoms with Gasteiger partial charge in [0.2, 0.25) is 0 Å². The highest BCUT2D eigenvalue weighted by molar-refractivity contribution is 7.32. The molecule has 1 heterocycles. The van der Waals surface area contributed by atoms with Crippen LogP contribution in [0.5, 0.6) is 0 Å². The van der Waals surface area contributed by atoms with E-state index >= 15 is 0 Å². The first-order chi connectivity index (χ1) is 9.29. The van der Waals surface area contributed by atoms with Gasteiger partial charge in [0.15, 0.2) is 12.4 Å². The van der Waals surface area contributed by atoms with E-state index in [0.717, 1.165) is 6.07 Å². The van der Waals surface area contributed by atoms with Gasteiger partial charge in [-0.1, -0.05) is 0 Å². The van der Waals surface area contributed by atoms with Crippen LogP contribution in [0.15, 0.2) is 28.9 Å². The fraction of sp³-hybridized carbons (Fsp3) is 0.182. The van der Waals surface area contributed by atoms with E-state index < -0.39 is 37.9 Å². The van der Waals surface area contributed by atoms with E-state index in [1.54, 1.807) is 0 Å². The summed E-state index contributed by atoms with van der Waals surface area (Å²) in [6.45, 7) is -0.919. The third-order valence-electron chi connectivity index (χ3n) is 2.50. The Labute approximate surface area is 110 Å². The normalized spacial score (nSPS) is 12.7. The molecule has 0 aliphatic carbocycles. The van der Waals surface area contributed by atoms with Gasteiger partial charge in [-0.15, -0.1) is 9.42 Å². The summed E-state index contributed by atoms with van der Waals surface area (Å²) in [6, 6.07) is 3.12. The zero-order valence-electron chi connectivity index (χ0n) is 9.68. The van der Waals surface area contributed by atoms with Gasteiger partial charge in [0.25, 0.3) is 0 Å². The van der Waals surface area contributed by atoms with Gasteiger partial charge in [-0.3, -0.25) is 4.79 Å². The maximum absolute atomic E-state index is 12.9. The Bertz CT molecular complexity index is 676. The number of rotatable bonds is 4. The minimum absolute atomic E-state index is 0.0111. The minimum Gasteiger partial charge on any atom is -0.464 e. The molecule has 0 aliphatic rings. The molecule has 0 bridgehead atoms. The predicted octanol–water partition coefficient (Wildman–Crippen LogP) is 3.30. The van der Waals surface area contributed by atoms with Crippen LogP contribution in [0.2, 0.25) is 0 Å². The molecule has 0 saturated heterocycles.